The predicted octanol–water partition coefficient (Wildman–Crippen LogP) is 3.55. The highest BCUT2D eigenvalue weighted by atomic mass is 16.5. The van der Waals surface area contributed by atoms with Crippen molar-refractivity contribution in [1.29, 1.82) is 0 Å². The van der Waals surface area contributed by atoms with E-state index in [1.54, 1.807) is 7.11 Å². The fraction of sp³-hybridized carbons (Fsp3) is 0.333. The average Bonchev–Trinajstić information content (AvgIpc) is 2.48. The van der Waals surface area contributed by atoms with E-state index in [9.17, 15) is 0 Å². The zero-order chi connectivity index (χ0) is 14.2. The Morgan fingerprint density at radius 1 is 0.900 bits per heavy atom. The first kappa shape index (κ1) is 14.8. The molecule has 0 spiro atoms. The summed E-state index contributed by atoms with van der Waals surface area (Å²) >= 11 is 0. The number of nitrogens with one attached hydrogen (secondary N) is 1. The highest BCUT2D eigenvalue weighted by molar-refractivity contribution is 5.22. The molecular weight excluding hydrogens is 246 g/mol. The van der Waals surface area contributed by atoms with Crippen molar-refractivity contribution in [2.75, 3.05) is 7.11 Å². The lowest BCUT2D eigenvalue weighted by Crippen LogP contribution is -2.27. The van der Waals surface area contributed by atoms with Crippen LogP contribution in [0.15, 0.2) is 54.6 Å². The van der Waals surface area contributed by atoms with Crippen LogP contribution in [0, 0.1) is 0 Å². The van der Waals surface area contributed by atoms with Crippen LogP contribution in [-0.4, -0.2) is 13.2 Å². The van der Waals surface area contributed by atoms with Gasteiger partial charge in [-0.25, -0.2) is 0 Å². The van der Waals surface area contributed by atoms with Gasteiger partial charge in [0.05, 0.1) is 6.61 Å². The maximum Gasteiger partial charge on any atom is 0.0713 e. The molecule has 0 heterocycles. The van der Waals surface area contributed by atoms with Gasteiger partial charge < -0.3 is 10.1 Å². The normalized spacial score (nSPS) is 12.3. The predicted molar refractivity (Wildman–Crippen MR) is 83.6 cm³/mol. The second-order valence-electron chi connectivity index (χ2n) is 5.22. The maximum absolute atomic E-state index is 5.12. The summed E-state index contributed by atoms with van der Waals surface area (Å²) in [5.74, 6) is 0. The van der Waals surface area contributed by atoms with Gasteiger partial charge in [0.2, 0.25) is 0 Å². The molecule has 0 aliphatic carbocycles. The SMILES string of the molecule is COCc1ccc(CNC(C)Cc2ccccc2)cc1. The van der Waals surface area contributed by atoms with Crippen molar-refractivity contribution in [3.8, 4) is 0 Å². The lowest BCUT2D eigenvalue weighted by atomic mass is 10.1. The Morgan fingerprint density at radius 3 is 2.20 bits per heavy atom. The Balaban J connectivity index is 1.79. The molecule has 0 amide bonds. The van der Waals surface area contributed by atoms with Crippen LogP contribution in [0.2, 0.25) is 0 Å². The number of ether oxygens (including phenoxy) is 1. The Hall–Kier alpha value is -1.64. The van der Waals surface area contributed by atoms with Gasteiger partial charge in [-0.1, -0.05) is 54.6 Å². The van der Waals surface area contributed by atoms with Gasteiger partial charge in [0.25, 0.3) is 0 Å². The van der Waals surface area contributed by atoms with Crippen LogP contribution in [0.25, 0.3) is 0 Å². The summed E-state index contributed by atoms with van der Waals surface area (Å²) in [5, 5.41) is 3.57. The first-order chi connectivity index (χ1) is 9.78. The molecule has 0 aliphatic rings. The molecule has 0 fully saturated rings. The van der Waals surface area contributed by atoms with Gasteiger partial charge in [-0.15, -0.1) is 0 Å². The third-order valence-corrected chi connectivity index (χ3v) is 3.37. The Bertz CT molecular complexity index is 493. The molecule has 0 aliphatic heterocycles. The zero-order valence-corrected chi connectivity index (χ0v) is 12.3. The van der Waals surface area contributed by atoms with Crippen molar-refractivity contribution in [3.63, 3.8) is 0 Å². The van der Waals surface area contributed by atoms with Crippen LogP contribution in [0.1, 0.15) is 23.6 Å². The second-order valence-corrected chi connectivity index (χ2v) is 5.22. The van der Waals surface area contributed by atoms with E-state index in [1.165, 1.54) is 16.7 Å². The van der Waals surface area contributed by atoms with Crippen molar-refractivity contribution in [2.45, 2.75) is 32.5 Å². The van der Waals surface area contributed by atoms with Crippen molar-refractivity contribution in [1.82, 2.24) is 5.32 Å². The summed E-state index contributed by atoms with van der Waals surface area (Å²) in [7, 11) is 1.72. The summed E-state index contributed by atoms with van der Waals surface area (Å²) in [6, 6.07) is 19.7. The van der Waals surface area contributed by atoms with Gasteiger partial charge in [-0.2, -0.15) is 0 Å². The number of hydrogen-bond donors (Lipinski definition) is 1. The molecule has 2 aromatic carbocycles. The molecule has 2 aromatic rings. The van der Waals surface area contributed by atoms with Gasteiger partial charge in [-0.3, -0.25) is 0 Å². The molecule has 1 atom stereocenters. The van der Waals surface area contributed by atoms with Crippen LogP contribution in [0.4, 0.5) is 0 Å². The van der Waals surface area contributed by atoms with Gasteiger partial charge in [-0.05, 0) is 30.0 Å². The molecule has 2 rings (SSSR count). The summed E-state index contributed by atoms with van der Waals surface area (Å²) in [5.41, 5.74) is 3.90. The molecule has 0 saturated heterocycles. The number of benzene rings is 2. The van der Waals surface area contributed by atoms with Crippen LogP contribution < -0.4 is 5.32 Å². The summed E-state index contributed by atoms with van der Waals surface area (Å²) < 4.78 is 5.12. The van der Waals surface area contributed by atoms with Gasteiger partial charge in [0.15, 0.2) is 0 Å². The fourth-order valence-corrected chi connectivity index (χ4v) is 2.25. The largest absolute Gasteiger partial charge is 0.380 e. The summed E-state index contributed by atoms with van der Waals surface area (Å²) in [6.45, 7) is 3.81. The molecule has 2 heteroatoms. The number of hydrogen-bond acceptors (Lipinski definition) is 2. The van der Waals surface area contributed by atoms with Crippen LogP contribution in [0.3, 0.4) is 0 Å². The van der Waals surface area contributed by atoms with E-state index < -0.39 is 0 Å². The van der Waals surface area contributed by atoms with Crippen LogP contribution >= 0.6 is 0 Å². The monoisotopic (exact) mass is 269 g/mol. The van der Waals surface area contributed by atoms with Gasteiger partial charge in [0, 0.05) is 19.7 Å². The van der Waals surface area contributed by atoms with Gasteiger partial charge in [0.1, 0.15) is 0 Å². The molecule has 106 valence electrons. The minimum atomic E-state index is 0.469. The Labute approximate surface area is 121 Å². The Kier molecular flexibility index (Phi) is 5.78. The average molecular weight is 269 g/mol. The third kappa shape index (κ3) is 4.80. The minimum absolute atomic E-state index is 0.469. The summed E-state index contributed by atoms with van der Waals surface area (Å²) in [6.07, 6.45) is 1.06. The van der Waals surface area contributed by atoms with Crippen molar-refractivity contribution in [2.24, 2.45) is 0 Å². The van der Waals surface area contributed by atoms with E-state index in [0.29, 0.717) is 12.6 Å². The molecule has 1 unspecified atom stereocenters. The zero-order valence-electron chi connectivity index (χ0n) is 12.3. The molecule has 0 aromatic heterocycles. The fourth-order valence-electron chi connectivity index (χ4n) is 2.25. The van der Waals surface area contributed by atoms with E-state index in [4.69, 9.17) is 4.74 Å². The lowest BCUT2D eigenvalue weighted by Gasteiger charge is -2.14. The first-order valence-corrected chi connectivity index (χ1v) is 7.12. The topological polar surface area (TPSA) is 21.3 Å². The smallest absolute Gasteiger partial charge is 0.0713 e. The van der Waals surface area contributed by atoms with Crippen molar-refractivity contribution < 1.29 is 4.74 Å². The minimum Gasteiger partial charge on any atom is -0.380 e. The van der Waals surface area contributed by atoms with E-state index in [-0.39, 0.29) is 0 Å². The highest BCUT2D eigenvalue weighted by Crippen LogP contribution is 2.07. The van der Waals surface area contributed by atoms with Crippen molar-refractivity contribution >= 4 is 0 Å². The standard InChI is InChI=1S/C18H23NO/c1-15(12-16-6-4-3-5-7-16)19-13-17-8-10-18(11-9-17)14-20-2/h3-11,15,19H,12-14H2,1-2H3. The number of methoxy groups -OCH3 is 1. The quantitative estimate of drug-likeness (QED) is 0.830. The van der Waals surface area contributed by atoms with E-state index in [2.05, 4.69) is 66.8 Å². The number of rotatable bonds is 7. The van der Waals surface area contributed by atoms with Crippen molar-refractivity contribution in [3.05, 3.63) is 71.3 Å². The van der Waals surface area contributed by atoms with Gasteiger partial charge >= 0.3 is 0 Å². The Morgan fingerprint density at radius 2 is 1.55 bits per heavy atom. The molecule has 0 bridgehead atoms. The van der Waals surface area contributed by atoms with E-state index in [0.717, 1.165) is 13.0 Å². The molecule has 0 saturated carbocycles. The summed E-state index contributed by atoms with van der Waals surface area (Å²) in [4.78, 5) is 0. The molecule has 1 N–H and O–H groups in total. The second kappa shape index (κ2) is 7.83. The van der Waals surface area contributed by atoms with Crippen LogP contribution in [-0.2, 0) is 24.3 Å². The molecule has 20 heavy (non-hydrogen) atoms. The molecular formula is C18H23NO. The van der Waals surface area contributed by atoms with Crippen LogP contribution in [0.5, 0.6) is 0 Å². The lowest BCUT2D eigenvalue weighted by molar-refractivity contribution is 0.185. The first-order valence-electron chi connectivity index (χ1n) is 7.12. The highest BCUT2D eigenvalue weighted by Gasteiger charge is 2.03. The molecule has 2 nitrogen and oxygen atoms in total. The maximum atomic E-state index is 5.12. The third-order valence-electron chi connectivity index (χ3n) is 3.37. The van der Waals surface area contributed by atoms with E-state index >= 15 is 0 Å². The van der Waals surface area contributed by atoms with E-state index in [1.807, 2.05) is 0 Å². The molecule has 0 radical (unpaired) electrons.